The van der Waals surface area contributed by atoms with Crippen molar-refractivity contribution < 1.29 is 18.7 Å². The van der Waals surface area contributed by atoms with Gasteiger partial charge in [0.05, 0.1) is 6.20 Å². The lowest BCUT2D eigenvalue weighted by Crippen LogP contribution is -2.53. The molecule has 4 rings (SSSR count). The van der Waals surface area contributed by atoms with Crippen LogP contribution in [-0.4, -0.2) is 76.3 Å². The molecule has 154 valence electrons. The Labute approximate surface area is 172 Å². The van der Waals surface area contributed by atoms with Gasteiger partial charge in [0, 0.05) is 38.5 Å². The predicted octanol–water partition coefficient (Wildman–Crippen LogP) is 2.20. The van der Waals surface area contributed by atoms with Crippen LogP contribution in [0.3, 0.4) is 0 Å². The van der Waals surface area contributed by atoms with Gasteiger partial charge in [-0.05, 0) is 43.4 Å². The number of benzene rings is 1. The number of nitrogens with zero attached hydrogens (tertiary/aromatic N) is 4. The zero-order chi connectivity index (χ0) is 20.4. The Morgan fingerprint density at radius 2 is 1.83 bits per heavy atom. The minimum absolute atomic E-state index is 0.0237. The van der Waals surface area contributed by atoms with E-state index >= 15 is 0 Å². The normalized spacial score (nSPS) is 19.6. The fourth-order valence-electron chi connectivity index (χ4n) is 3.74. The van der Waals surface area contributed by atoms with E-state index in [-0.39, 0.29) is 23.7 Å². The van der Waals surface area contributed by atoms with E-state index in [1.165, 1.54) is 23.9 Å². The van der Waals surface area contributed by atoms with E-state index in [0.29, 0.717) is 49.3 Å². The molecular weight excluding hydrogens is 395 g/mol. The summed E-state index contributed by atoms with van der Waals surface area (Å²) in [5.41, 5.74) is 1.11. The van der Waals surface area contributed by atoms with Crippen molar-refractivity contribution in [1.29, 1.82) is 0 Å². The molecule has 1 aromatic carbocycles. The average molecular weight is 418 g/mol. The third-order valence-corrected chi connectivity index (χ3v) is 5.95. The van der Waals surface area contributed by atoms with Crippen LogP contribution in [0.2, 0.25) is 0 Å². The molecule has 2 saturated heterocycles. The standard InChI is InChI=1S/C20H23FN4O3S/c1-29-20-22-13-16(25(20)15-6-4-14(21)5-7-15)18(26)23-8-10-24(11-9-23)19(27)17-3-2-12-28-17/h4-7,13,17H,2-3,8-12H2,1H3. The molecule has 29 heavy (non-hydrogen) atoms. The number of halogens is 1. The maximum atomic E-state index is 13.3. The fraction of sp³-hybridized carbons (Fsp3) is 0.450. The van der Waals surface area contributed by atoms with Crippen LogP contribution in [0.25, 0.3) is 5.69 Å². The van der Waals surface area contributed by atoms with E-state index in [0.717, 1.165) is 12.8 Å². The number of imidazole rings is 1. The highest BCUT2D eigenvalue weighted by atomic mass is 32.2. The van der Waals surface area contributed by atoms with Gasteiger partial charge in [-0.2, -0.15) is 0 Å². The molecule has 1 aromatic heterocycles. The van der Waals surface area contributed by atoms with E-state index in [9.17, 15) is 14.0 Å². The van der Waals surface area contributed by atoms with Crippen LogP contribution >= 0.6 is 11.8 Å². The Bertz CT molecular complexity index is 888. The van der Waals surface area contributed by atoms with Gasteiger partial charge in [0.25, 0.3) is 11.8 Å². The Balaban J connectivity index is 1.48. The molecular formula is C20H23FN4O3S. The van der Waals surface area contributed by atoms with Gasteiger partial charge in [-0.1, -0.05) is 11.8 Å². The lowest BCUT2D eigenvalue weighted by atomic mass is 10.2. The largest absolute Gasteiger partial charge is 0.368 e. The van der Waals surface area contributed by atoms with Gasteiger partial charge in [-0.25, -0.2) is 9.37 Å². The molecule has 0 bridgehead atoms. The van der Waals surface area contributed by atoms with Crippen molar-refractivity contribution in [2.45, 2.75) is 24.1 Å². The van der Waals surface area contributed by atoms with E-state index in [1.54, 1.807) is 32.7 Å². The van der Waals surface area contributed by atoms with Gasteiger partial charge < -0.3 is 14.5 Å². The smallest absolute Gasteiger partial charge is 0.272 e. The summed E-state index contributed by atoms with van der Waals surface area (Å²) in [6.07, 6.45) is 4.79. The maximum Gasteiger partial charge on any atom is 0.272 e. The first kappa shape index (κ1) is 19.9. The number of thioether (sulfide) groups is 1. The summed E-state index contributed by atoms with van der Waals surface area (Å²) >= 11 is 1.42. The van der Waals surface area contributed by atoms with Crippen molar-refractivity contribution in [3.05, 3.63) is 42.0 Å². The molecule has 7 nitrogen and oxygen atoms in total. The number of ether oxygens (including phenoxy) is 1. The first-order valence-electron chi connectivity index (χ1n) is 9.66. The molecule has 1 unspecified atom stereocenters. The number of hydrogen-bond donors (Lipinski definition) is 0. The molecule has 1 atom stereocenters. The van der Waals surface area contributed by atoms with Gasteiger partial charge in [-0.15, -0.1) is 0 Å². The number of amides is 2. The summed E-state index contributed by atoms with van der Waals surface area (Å²) in [4.78, 5) is 33.5. The van der Waals surface area contributed by atoms with Gasteiger partial charge >= 0.3 is 0 Å². The lowest BCUT2D eigenvalue weighted by molar-refractivity contribution is -0.142. The molecule has 0 aliphatic carbocycles. The second-order valence-corrected chi connectivity index (χ2v) is 7.83. The minimum Gasteiger partial charge on any atom is -0.368 e. The van der Waals surface area contributed by atoms with Crippen molar-refractivity contribution in [1.82, 2.24) is 19.4 Å². The summed E-state index contributed by atoms with van der Waals surface area (Å²) in [6, 6.07) is 5.99. The van der Waals surface area contributed by atoms with Crippen molar-refractivity contribution in [3.8, 4) is 5.69 Å². The second-order valence-electron chi connectivity index (χ2n) is 7.06. The summed E-state index contributed by atoms with van der Waals surface area (Å²) in [5.74, 6) is -0.457. The quantitative estimate of drug-likeness (QED) is 0.712. The Morgan fingerprint density at radius 3 is 2.45 bits per heavy atom. The van der Waals surface area contributed by atoms with Crippen LogP contribution in [0.5, 0.6) is 0 Å². The highest BCUT2D eigenvalue weighted by Crippen LogP contribution is 2.24. The molecule has 2 amide bonds. The zero-order valence-corrected chi connectivity index (χ0v) is 17.0. The molecule has 9 heteroatoms. The van der Waals surface area contributed by atoms with Crippen LogP contribution in [0.15, 0.2) is 35.6 Å². The molecule has 0 N–H and O–H groups in total. The van der Waals surface area contributed by atoms with Crippen LogP contribution in [0, 0.1) is 5.82 Å². The molecule has 0 saturated carbocycles. The number of aromatic nitrogens is 2. The highest BCUT2D eigenvalue weighted by Gasteiger charge is 2.32. The predicted molar refractivity (Wildman–Crippen MR) is 107 cm³/mol. The van der Waals surface area contributed by atoms with E-state index in [1.807, 2.05) is 6.26 Å². The van der Waals surface area contributed by atoms with Crippen LogP contribution < -0.4 is 0 Å². The fourth-order valence-corrected chi connectivity index (χ4v) is 4.28. The maximum absolute atomic E-state index is 13.3. The minimum atomic E-state index is -0.334. The molecule has 0 radical (unpaired) electrons. The number of piperazine rings is 1. The van der Waals surface area contributed by atoms with Crippen molar-refractivity contribution in [3.63, 3.8) is 0 Å². The van der Waals surface area contributed by atoms with Gasteiger partial charge in [-0.3, -0.25) is 14.2 Å². The molecule has 2 fully saturated rings. The number of carbonyl (C=O) groups excluding carboxylic acids is 2. The number of carbonyl (C=O) groups is 2. The molecule has 3 heterocycles. The van der Waals surface area contributed by atoms with Crippen molar-refractivity contribution >= 4 is 23.6 Å². The van der Waals surface area contributed by atoms with Crippen molar-refractivity contribution in [2.75, 3.05) is 39.0 Å². The van der Waals surface area contributed by atoms with Gasteiger partial charge in [0.2, 0.25) is 0 Å². The summed E-state index contributed by atoms with van der Waals surface area (Å²) in [6.45, 7) is 2.54. The number of hydrogen-bond acceptors (Lipinski definition) is 5. The van der Waals surface area contributed by atoms with Crippen LogP contribution in [-0.2, 0) is 9.53 Å². The lowest BCUT2D eigenvalue weighted by Gasteiger charge is -2.35. The molecule has 2 aliphatic rings. The monoisotopic (exact) mass is 418 g/mol. The number of rotatable bonds is 4. The SMILES string of the molecule is CSc1ncc(C(=O)N2CCN(C(=O)C3CCCO3)CC2)n1-c1ccc(F)cc1. The topological polar surface area (TPSA) is 67.7 Å². The van der Waals surface area contributed by atoms with E-state index in [2.05, 4.69) is 4.98 Å². The Hall–Kier alpha value is -2.39. The van der Waals surface area contributed by atoms with Gasteiger partial charge in [0.15, 0.2) is 5.16 Å². The van der Waals surface area contributed by atoms with Crippen LogP contribution in [0.1, 0.15) is 23.3 Å². The first-order valence-corrected chi connectivity index (χ1v) is 10.9. The summed E-state index contributed by atoms with van der Waals surface area (Å²) < 4.78 is 20.6. The van der Waals surface area contributed by atoms with Gasteiger partial charge in [0.1, 0.15) is 17.6 Å². The van der Waals surface area contributed by atoms with Crippen molar-refractivity contribution in [2.24, 2.45) is 0 Å². The second kappa shape index (κ2) is 8.54. The third kappa shape index (κ3) is 4.02. The Morgan fingerprint density at radius 1 is 1.14 bits per heavy atom. The third-order valence-electron chi connectivity index (χ3n) is 5.30. The Kier molecular flexibility index (Phi) is 5.86. The average Bonchev–Trinajstić information content (AvgIpc) is 3.43. The highest BCUT2D eigenvalue weighted by molar-refractivity contribution is 7.98. The first-order chi connectivity index (χ1) is 14.1. The summed E-state index contributed by atoms with van der Waals surface area (Å²) in [5, 5.41) is 0.659. The van der Waals surface area contributed by atoms with E-state index in [4.69, 9.17) is 4.74 Å². The van der Waals surface area contributed by atoms with E-state index < -0.39 is 0 Å². The zero-order valence-electron chi connectivity index (χ0n) is 16.2. The molecule has 0 spiro atoms. The summed E-state index contributed by atoms with van der Waals surface area (Å²) in [7, 11) is 0. The molecule has 2 aromatic rings. The van der Waals surface area contributed by atoms with Crippen LogP contribution in [0.4, 0.5) is 4.39 Å². The molecule has 2 aliphatic heterocycles.